The fourth-order valence-corrected chi connectivity index (χ4v) is 3.21. The molecule has 1 aliphatic rings. The number of hydrogen-bond acceptors (Lipinski definition) is 7. The minimum Gasteiger partial charge on any atom is -0.436 e. The SMILES string of the molecule is Cc1nc(C)c(C(=O)N2CCC(c3noc(-c4ccccn4)n3)CC2)o1. The van der Waals surface area contributed by atoms with E-state index < -0.39 is 0 Å². The van der Waals surface area contributed by atoms with Crippen LogP contribution in [0.15, 0.2) is 33.3 Å². The van der Waals surface area contributed by atoms with Gasteiger partial charge in [-0.05, 0) is 31.9 Å². The van der Waals surface area contributed by atoms with Crippen LogP contribution in [0.1, 0.15) is 46.7 Å². The molecule has 0 unspecified atom stereocenters. The summed E-state index contributed by atoms with van der Waals surface area (Å²) in [6, 6.07) is 5.55. The molecule has 1 aliphatic heterocycles. The predicted octanol–water partition coefficient (Wildman–Crippen LogP) is 2.76. The number of amides is 1. The molecule has 26 heavy (non-hydrogen) atoms. The van der Waals surface area contributed by atoms with E-state index in [0.717, 1.165) is 12.8 Å². The predicted molar refractivity (Wildman–Crippen MR) is 91.4 cm³/mol. The molecule has 0 aromatic carbocycles. The number of hydrogen-bond donors (Lipinski definition) is 0. The topological polar surface area (TPSA) is 98.2 Å². The van der Waals surface area contributed by atoms with Crippen molar-refractivity contribution in [3.05, 3.63) is 47.6 Å². The lowest BCUT2D eigenvalue weighted by molar-refractivity contribution is 0.0676. The van der Waals surface area contributed by atoms with Gasteiger partial charge in [-0.15, -0.1) is 0 Å². The largest absolute Gasteiger partial charge is 0.436 e. The monoisotopic (exact) mass is 353 g/mol. The van der Waals surface area contributed by atoms with Gasteiger partial charge in [0, 0.05) is 32.1 Å². The number of carbonyl (C=O) groups excluding carboxylic acids is 1. The number of carbonyl (C=O) groups is 1. The molecule has 0 spiro atoms. The Morgan fingerprint density at radius 2 is 2.00 bits per heavy atom. The van der Waals surface area contributed by atoms with Crippen molar-refractivity contribution in [2.45, 2.75) is 32.6 Å². The van der Waals surface area contributed by atoms with Crippen LogP contribution < -0.4 is 0 Å². The summed E-state index contributed by atoms with van der Waals surface area (Å²) in [5.41, 5.74) is 1.29. The molecular formula is C18H19N5O3. The first kappa shape index (κ1) is 16.4. The summed E-state index contributed by atoms with van der Waals surface area (Å²) in [6.07, 6.45) is 3.24. The smallest absolute Gasteiger partial charge is 0.291 e. The first-order valence-corrected chi connectivity index (χ1v) is 8.60. The van der Waals surface area contributed by atoms with Gasteiger partial charge >= 0.3 is 0 Å². The standard InChI is InChI=1S/C18H19N5O3/c1-11-15(25-12(2)20-11)18(24)23-9-6-13(7-10-23)16-21-17(26-22-16)14-5-3-4-8-19-14/h3-5,8,13H,6-7,9-10H2,1-2H3. The highest BCUT2D eigenvalue weighted by Gasteiger charge is 2.30. The Kier molecular flexibility index (Phi) is 4.24. The first-order chi connectivity index (χ1) is 12.6. The number of aromatic nitrogens is 4. The fraction of sp³-hybridized carbons (Fsp3) is 0.389. The normalized spacial score (nSPS) is 15.4. The molecule has 0 bridgehead atoms. The third-order valence-electron chi connectivity index (χ3n) is 4.57. The van der Waals surface area contributed by atoms with E-state index in [0.29, 0.717) is 47.8 Å². The fourth-order valence-electron chi connectivity index (χ4n) is 3.21. The van der Waals surface area contributed by atoms with Gasteiger partial charge < -0.3 is 13.8 Å². The number of piperidine rings is 1. The van der Waals surface area contributed by atoms with Crippen LogP contribution in [0.2, 0.25) is 0 Å². The van der Waals surface area contributed by atoms with E-state index >= 15 is 0 Å². The second kappa shape index (κ2) is 6.70. The van der Waals surface area contributed by atoms with Crippen LogP contribution >= 0.6 is 0 Å². The summed E-state index contributed by atoms with van der Waals surface area (Å²) in [6.45, 7) is 4.77. The Morgan fingerprint density at radius 3 is 2.65 bits per heavy atom. The first-order valence-electron chi connectivity index (χ1n) is 8.60. The lowest BCUT2D eigenvalue weighted by Crippen LogP contribution is -2.38. The third kappa shape index (κ3) is 3.10. The molecule has 0 radical (unpaired) electrons. The van der Waals surface area contributed by atoms with Crippen LogP contribution in [0.5, 0.6) is 0 Å². The van der Waals surface area contributed by atoms with Gasteiger partial charge in [0.25, 0.3) is 11.8 Å². The van der Waals surface area contributed by atoms with E-state index in [4.69, 9.17) is 8.94 Å². The molecule has 3 aromatic rings. The molecule has 1 amide bonds. The molecule has 8 heteroatoms. The average molecular weight is 353 g/mol. The van der Waals surface area contributed by atoms with Gasteiger partial charge in [0.1, 0.15) is 5.69 Å². The molecule has 8 nitrogen and oxygen atoms in total. The van der Waals surface area contributed by atoms with E-state index in [-0.39, 0.29) is 11.8 Å². The molecule has 4 heterocycles. The summed E-state index contributed by atoms with van der Waals surface area (Å²) in [7, 11) is 0. The van der Waals surface area contributed by atoms with Gasteiger partial charge in [0.15, 0.2) is 11.7 Å². The second-order valence-electron chi connectivity index (χ2n) is 6.39. The van der Waals surface area contributed by atoms with Crippen molar-refractivity contribution < 1.29 is 13.7 Å². The van der Waals surface area contributed by atoms with Gasteiger partial charge in [-0.1, -0.05) is 11.2 Å². The molecule has 0 aliphatic carbocycles. The molecule has 4 rings (SSSR count). The van der Waals surface area contributed by atoms with Crippen LogP contribution in [0.25, 0.3) is 11.6 Å². The zero-order chi connectivity index (χ0) is 18.1. The highest BCUT2D eigenvalue weighted by molar-refractivity contribution is 5.92. The van der Waals surface area contributed by atoms with E-state index in [2.05, 4.69) is 20.1 Å². The van der Waals surface area contributed by atoms with Crippen molar-refractivity contribution in [3.63, 3.8) is 0 Å². The molecule has 0 saturated carbocycles. The molecule has 3 aromatic heterocycles. The minimum atomic E-state index is -0.108. The van der Waals surface area contributed by atoms with Crippen LogP contribution in [-0.4, -0.2) is 44.0 Å². The zero-order valence-electron chi connectivity index (χ0n) is 14.7. The lowest BCUT2D eigenvalue weighted by atomic mass is 9.96. The molecule has 0 N–H and O–H groups in total. The maximum atomic E-state index is 12.6. The highest BCUT2D eigenvalue weighted by Crippen LogP contribution is 2.28. The quantitative estimate of drug-likeness (QED) is 0.714. The van der Waals surface area contributed by atoms with Gasteiger partial charge in [-0.25, -0.2) is 4.98 Å². The van der Waals surface area contributed by atoms with Gasteiger partial charge in [-0.2, -0.15) is 4.98 Å². The van der Waals surface area contributed by atoms with Crippen molar-refractivity contribution in [1.82, 2.24) is 25.0 Å². The van der Waals surface area contributed by atoms with Crippen molar-refractivity contribution in [2.24, 2.45) is 0 Å². The molecule has 134 valence electrons. The maximum absolute atomic E-state index is 12.6. The second-order valence-corrected chi connectivity index (χ2v) is 6.39. The Balaban J connectivity index is 1.42. The summed E-state index contributed by atoms with van der Waals surface area (Å²) in [5.74, 6) is 1.99. The van der Waals surface area contributed by atoms with Gasteiger partial charge in [0.05, 0.1) is 5.69 Å². The van der Waals surface area contributed by atoms with Crippen LogP contribution in [0, 0.1) is 13.8 Å². The number of rotatable bonds is 3. The number of nitrogens with zero attached hydrogens (tertiary/aromatic N) is 5. The number of pyridine rings is 1. The lowest BCUT2D eigenvalue weighted by Gasteiger charge is -2.30. The Morgan fingerprint density at radius 1 is 1.19 bits per heavy atom. The summed E-state index contributed by atoms with van der Waals surface area (Å²) in [4.78, 5) is 27.3. The molecule has 1 saturated heterocycles. The van der Waals surface area contributed by atoms with Gasteiger partial charge in [0.2, 0.25) is 5.76 Å². The number of likely N-dealkylation sites (tertiary alicyclic amines) is 1. The Labute approximate surface area is 150 Å². The summed E-state index contributed by atoms with van der Waals surface area (Å²) >= 11 is 0. The van der Waals surface area contributed by atoms with Crippen molar-refractivity contribution in [1.29, 1.82) is 0 Å². The third-order valence-corrected chi connectivity index (χ3v) is 4.57. The summed E-state index contributed by atoms with van der Waals surface area (Å²) < 4.78 is 10.8. The Bertz CT molecular complexity index is 910. The van der Waals surface area contributed by atoms with Crippen molar-refractivity contribution >= 4 is 5.91 Å². The van der Waals surface area contributed by atoms with E-state index in [1.54, 1.807) is 24.9 Å². The molecule has 1 fully saturated rings. The minimum absolute atomic E-state index is 0.108. The number of oxazole rings is 1. The van der Waals surface area contributed by atoms with Crippen molar-refractivity contribution in [2.75, 3.05) is 13.1 Å². The van der Waals surface area contributed by atoms with Crippen LogP contribution in [0.4, 0.5) is 0 Å². The van der Waals surface area contributed by atoms with Crippen molar-refractivity contribution in [3.8, 4) is 11.6 Å². The molecular weight excluding hydrogens is 334 g/mol. The maximum Gasteiger partial charge on any atom is 0.291 e. The van der Waals surface area contributed by atoms with E-state index in [1.165, 1.54) is 0 Å². The van der Waals surface area contributed by atoms with Crippen LogP contribution in [-0.2, 0) is 0 Å². The van der Waals surface area contributed by atoms with Gasteiger partial charge in [-0.3, -0.25) is 9.78 Å². The zero-order valence-corrected chi connectivity index (χ0v) is 14.7. The van der Waals surface area contributed by atoms with Crippen LogP contribution in [0.3, 0.4) is 0 Å². The Hall–Kier alpha value is -3.03. The summed E-state index contributed by atoms with van der Waals surface area (Å²) in [5, 5.41) is 4.10. The average Bonchev–Trinajstić information content (AvgIpc) is 3.29. The van der Waals surface area contributed by atoms with E-state index in [9.17, 15) is 4.79 Å². The molecule has 0 atom stereocenters. The number of aryl methyl sites for hydroxylation is 2. The highest BCUT2D eigenvalue weighted by atomic mass is 16.5. The van der Waals surface area contributed by atoms with E-state index in [1.807, 2.05) is 18.2 Å².